The molecule has 2 aromatic rings. The van der Waals surface area contributed by atoms with E-state index in [1.54, 1.807) is 12.1 Å². The fraction of sp³-hybridized carbons (Fsp3) is 0.389. The predicted octanol–water partition coefficient (Wildman–Crippen LogP) is 1.76. The van der Waals surface area contributed by atoms with Crippen molar-refractivity contribution in [1.29, 1.82) is 0 Å². The molecule has 26 heavy (non-hydrogen) atoms. The van der Waals surface area contributed by atoms with Gasteiger partial charge in [-0.1, -0.05) is 12.8 Å². The van der Waals surface area contributed by atoms with E-state index < -0.39 is 5.97 Å². The molecule has 0 bridgehead atoms. The third-order valence-corrected chi connectivity index (χ3v) is 4.74. The second-order valence-electron chi connectivity index (χ2n) is 6.49. The van der Waals surface area contributed by atoms with Crippen molar-refractivity contribution in [3.05, 3.63) is 35.9 Å². The number of pyridine rings is 1. The van der Waals surface area contributed by atoms with Gasteiger partial charge in [-0.05, 0) is 25.0 Å². The number of aromatic nitrogens is 1. The van der Waals surface area contributed by atoms with Gasteiger partial charge in [-0.25, -0.2) is 4.79 Å². The zero-order valence-electron chi connectivity index (χ0n) is 14.3. The topological polar surface area (TPSA) is 144 Å². The minimum Gasteiger partial charge on any atom is -0.478 e. The maximum atomic E-state index is 12.3. The second-order valence-corrected chi connectivity index (χ2v) is 6.49. The largest absolute Gasteiger partial charge is 0.478 e. The van der Waals surface area contributed by atoms with Crippen LogP contribution in [0.5, 0.6) is 0 Å². The normalized spacial score (nSPS) is 19.9. The van der Waals surface area contributed by atoms with Crippen LogP contribution < -0.4 is 16.8 Å². The average Bonchev–Trinajstić information content (AvgIpc) is 3.08. The van der Waals surface area contributed by atoms with Crippen molar-refractivity contribution in [1.82, 2.24) is 10.3 Å². The summed E-state index contributed by atoms with van der Waals surface area (Å²) < 4.78 is 5.69. The van der Waals surface area contributed by atoms with E-state index in [2.05, 4.69) is 10.3 Å². The molecule has 8 nitrogen and oxygen atoms in total. The Morgan fingerprint density at radius 2 is 2.04 bits per heavy atom. The zero-order valence-corrected chi connectivity index (χ0v) is 14.3. The van der Waals surface area contributed by atoms with Gasteiger partial charge in [0.1, 0.15) is 17.1 Å². The van der Waals surface area contributed by atoms with Crippen molar-refractivity contribution in [2.24, 2.45) is 11.7 Å². The molecule has 1 saturated carbocycles. The highest BCUT2D eigenvalue weighted by molar-refractivity contribution is 5.97. The molecule has 8 heteroatoms. The number of carbonyl (C=O) groups excluding carboxylic acids is 1. The van der Waals surface area contributed by atoms with Crippen molar-refractivity contribution in [3.63, 3.8) is 0 Å². The summed E-state index contributed by atoms with van der Waals surface area (Å²) in [6.07, 6.45) is 6.40. The quantitative estimate of drug-likeness (QED) is 0.637. The number of hydrogen-bond donors (Lipinski definition) is 4. The van der Waals surface area contributed by atoms with Crippen LogP contribution in [0.4, 0.5) is 5.69 Å². The number of furan rings is 1. The van der Waals surface area contributed by atoms with Gasteiger partial charge < -0.3 is 26.3 Å². The first kappa shape index (κ1) is 17.9. The van der Waals surface area contributed by atoms with Crippen LogP contribution in [0.1, 0.15) is 41.8 Å². The molecule has 3 rings (SSSR count). The number of hydrogen-bond acceptors (Lipinski definition) is 6. The highest BCUT2D eigenvalue weighted by Gasteiger charge is 2.28. The molecule has 0 radical (unpaired) electrons. The van der Waals surface area contributed by atoms with E-state index in [-0.39, 0.29) is 35.7 Å². The summed E-state index contributed by atoms with van der Waals surface area (Å²) in [6, 6.07) is 3.29. The Balaban J connectivity index is 1.68. The summed E-state index contributed by atoms with van der Waals surface area (Å²) in [5.41, 5.74) is 12.3. The van der Waals surface area contributed by atoms with Gasteiger partial charge in [0.25, 0.3) is 0 Å². The Hall–Kier alpha value is -2.87. The van der Waals surface area contributed by atoms with Crippen molar-refractivity contribution >= 4 is 17.6 Å². The zero-order chi connectivity index (χ0) is 18.7. The molecule has 2 atom stereocenters. The Morgan fingerprint density at radius 3 is 2.77 bits per heavy atom. The van der Waals surface area contributed by atoms with Gasteiger partial charge in [-0.2, -0.15) is 0 Å². The van der Waals surface area contributed by atoms with Gasteiger partial charge in [0, 0.05) is 18.4 Å². The molecular formula is C18H22N4O4. The van der Waals surface area contributed by atoms with Crippen LogP contribution >= 0.6 is 0 Å². The molecule has 1 aliphatic rings. The lowest BCUT2D eigenvalue weighted by molar-refractivity contribution is -0.126. The van der Waals surface area contributed by atoms with E-state index >= 15 is 0 Å². The molecule has 0 unspecified atom stereocenters. The van der Waals surface area contributed by atoms with Crippen LogP contribution in [0.25, 0.3) is 11.3 Å². The van der Waals surface area contributed by atoms with Crippen LogP contribution in [0, 0.1) is 5.92 Å². The van der Waals surface area contributed by atoms with E-state index in [1.165, 1.54) is 12.4 Å². The van der Waals surface area contributed by atoms with Gasteiger partial charge in [-0.3, -0.25) is 9.78 Å². The van der Waals surface area contributed by atoms with Gasteiger partial charge in [0.2, 0.25) is 5.91 Å². The van der Waals surface area contributed by atoms with Crippen LogP contribution in [-0.2, 0) is 11.3 Å². The van der Waals surface area contributed by atoms with Crippen molar-refractivity contribution in [2.75, 3.05) is 5.73 Å². The van der Waals surface area contributed by atoms with Crippen molar-refractivity contribution < 1.29 is 19.1 Å². The molecule has 138 valence electrons. The van der Waals surface area contributed by atoms with E-state index in [4.69, 9.17) is 21.0 Å². The van der Waals surface area contributed by atoms with E-state index in [9.17, 15) is 9.59 Å². The number of carboxylic acid groups (broad SMARTS) is 1. The third-order valence-electron chi connectivity index (χ3n) is 4.74. The summed E-state index contributed by atoms with van der Waals surface area (Å²) in [5.74, 6) is -0.441. The number of nitrogen functional groups attached to an aromatic ring is 1. The number of nitrogens with one attached hydrogen (secondary N) is 1. The molecule has 1 aliphatic carbocycles. The van der Waals surface area contributed by atoms with Crippen LogP contribution in [0.15, 0.2) is 28.9 Å². The van der Waals surface area contributed by atoms with E-state index in [0.717, 1.165) is 25.7 Å². The SMILES string of the molecule is Nc1c(C(=O)O)cncc1-c1ccc(CNC(=O)[C@H]2CCCC[C@H]2N)o1. The summed E-state index contributed by atoms with van der Waals surface area (Å²) in [5, 5.41) is 12.0. The molecular weight excluding hydrogens is 336 g/mol. The summed E-state index contributed by atoms with van der Waals surface area (Å²) in [7, 11) is 0. The Morgan fingerprint density at radius 1 is 1.27 bits per heavy atom. The molecule has 2 heterocycles. The number of nitrogens with two attached hydrogens (primary N) is 2. The minimum atomic E-state index is -1.15. The van der Waals surface area contributed by atoms with Gasteiger partial charge in [0.05, 0.1) is 23.7 Å². The number of amides is 1. The first-order valence-electron chi connectivity index (χ1n) is 8.56. The molecule has 6 N–H and O–H groups in total. The van der Waals surface area contributed by atoms with E-state index in [1.807, 2.05) is 0 Å². The lowest BCUT2D eigenvalue weighted by atomic mass is 9.84. The average molecular weight is 358 g/mol. The lowest BCUT2D eigenvalue weighted by Crippen LogP contribution is -2.43. The lowest BCUT2D eigenvalue weighted by Gasteiger charge is -2.27. The van der Waals surface area contributed by atoms with E-state index in [0.29, 0.717) is 17.1 Å². The molecule has 0 saturated heterocycles. The monoisotopic (exact) mass is 358 g/mol. The number of rotatable bonds is 5. The number of aromatic carboxylic acids is 1. The molecule has 0 aliphatic heterocycles. The highest BCUT2D eigenvalue weighted by Crippen LogP contribution is 2.29. The molecule has 1 amide bonds. The summed E-state index contributed by atoms with van der Waals surface area (Å²) >= 11 is 0. The summed E-state index contributed by atoms with van der Waals surface area (Å²) in [6.45, 7) is 0.230. The number of carbonyl (C=O) groups is 2. The van der Waals surface area contributed by atoms with Crippen LogP contribution in [0.3, 0.4) is 0 Å². The van der Waals surface area contributed by atoms with Gasteiger partial charge in [0.15, 0.2) is 0 Å². The highest BCUT2D eigenvalue weighted by atomic mass is 16.4. The smallest absolute Gasteiger partial charge is 0.339 e. The predicted molar refractivity (Wildman–Crippen MR) is 95.1 cm³/mol. The van der Waals surface area contributed by atoms with Gasteiger partial charge in [-0.15, -0.1) is 0 Å². The minimum absolute atomic E-state index is 0.0656. The van der Waals surface area contributed by atoms with Crippen LogP contribution in [-0.4, -0.2) is 28.0 Å². The fourth-order valence-electron chi connectivity index (χ4n) is 3.25. The standard InChI is InChI=1S/C18H22N4O4/c19-14-4-2-1-3-11(14)17(23)22-7-10-5-6-15(26-10)12-8-21-9-13(16(12)20)18(24)25/h5-6,8-9,11,14H,1-4,7,19H2,(H2,20,21)(H,22,23)(H,24,25)/t11-,14+/m0/s1. The van der Waals surface area contributed by atoms with Crippen molar-refractivity contribution in [3.8, 4) is 11.3 Å². The number of nitrogens with zero attached hydrogens (tertiary/aromatic N) is 1. The third kappa shape index (κ3) is 3.70. The first-order valence-corrected chi connectivity index (χ1v) is 8.56. The van der Waals surface area contributed by atoms with Crippen LogP contribution in [0.2, 0.25) is 0 Å². The molecule has 2 aromatic heterocycles. The van der Waals surface area contributed by atoms with Crippen molar-refractivity contribution in [2.45, 2.75) is 38.3 Å². The second kappa shape index (κ2) is 7.57. The Labute approximate surface area is 150 Å². The van der Waals surface area contributed by atoms with Gasteiger partial charge >= 0.3 is 5.97 Å². The molecule has 0 aromatic carbocycles. The maximum absolute atomic E-state index is 12.3. The maximum Gasteiger partial charge on any atom is 0.339 e. The summed E-state index contributed by atoms with van der Waals surface area (Å²) in [4.78, 5) is 27.4. The Bertz CT molecular complexity index is 817. The molecule has 0 spiro atoms. The first-order chi connectivity index (χ1) is 12.5. The number of carboxylic acids is 1. The fourth-order valence-corrected chi connectivity index (χ4v) is 3.25. The Kier molecular flexibility index (Phi) is 5.22. The molecule has 1 fully saturated rings. The number of anilines is 1.